The van der Waals surface area contributed by atoms with E-state index < -0.39 is 24.5 Å². The van der Waals surface area contributed by atoms with Gasteiger partial charge in [-0.3, -0.25) is 5.41 Å². The smallest absolute Gasteiger partial charge is 0.401 e. The van der Waals surface area contributed by atoms with Gasteiger partial charge in [0.05, 0.1) is 4.47 Å². The van der Waals surface area contributed by atoms with Crippen molar-refractivity contribution in [2.24, 2.45) is 11.7 Å². The Morgan fingerprint density at radius 3 is 2.44 bits per heavy atom. The molecule has 0 saturated carbocycles. The van der Waals surface area contributed by atoms with Crippen molar-refractivity contribution in [2.45, 2.75) is 6.18 Å². The lowest BCUT2D eigenvalue weighted by Gasteiger charge is -2.19. The van der Waals surface area contributed by atoms with Crippen molar-refractivity contribution in [1.82, 2.24) is 0 Å². The highest BCUT2D eigenvalue weighted by Gasteiger charge is 2.42. The summed E-state index contributed by atoms with van der Waals surface area (Å²) in [6, 6.07) is 4.80. The van der Waals surface area contributed by atoms with Gasteiger partial charge in [-0.05, 0) is 34.1 Å². The molecule has 1 rings (SSSR count). The molecule has 0 aliphatic carbocycles. The lowest BCUT2D eigenvalue weighted by Crippen LogP contribution is -2.39. The number of ether oxygens (including phenoxy) is 1. The first-order valence-corrected chi connectivity index (χ1v) is 6.29. The zero-order valence-electron chi connectivity index (χ0n) is 8.89. The molecule has 0 saturated heterocycles. The Bertz CT molecular complexity index is 451. The second-order valence-corrected chi connectivity index (χ2v) is 5.21. The third-order valence-corrected chi connectivity index (χ3v) is 3.18. The van der Waals surface area contributed by atoms with Crippen LogP contribution in [0.3, 0.4) is 0 Å². The summed E-state index contributed by atoms with van der Waals surface area (Å²) < 4.78 is 43.9. The first-order valence-electron chi connectivity index (χ1n) is 4.70. The van der Waals surface area contributed by atoms with E-state index in [2.05, 4.69) is 31.9 Å². The molecule has 0 bridgehead atoms. The van der Waals surface area contributed by atoms with Crippen LogP contribution in [0.4, 0.5) is 13.2 Å². The van der Waals surface area contributed by atoms with Crippen LogP contribution in [-0.4, -0.2) is 18.6 Å². The first kappa shape index (κ1) is 15.3. The third-order valence-electron chi connectivity index (χ3n) is 2.07. The Hall–Kier alpha value is -0.760. The maximum absolute atomic E-state index is 12.5. The Morgan fingerprint density at radius 1 is 1.39 bits per heavy atom. The number of nitrogens with one attached hydrogen (secondary N) is 1. The topological polar surface area (TPSA) is 59.1 Å². The molecule has 8 heteroatoms. The van der Waals surface area contributed by atoms with E-state index in [0.29, 0.717) is 4.47 Å². The minimum atomic E-state index is -4.59. The van der Waals surface area contributed by atoms with Gasteiger partial charge in [-0.1, -0.05) is 15.9 Å². The number of hydrogen-bond acceptors (Lipinski definition) is 2. The van der Waals surface area contributed by atoms with Gasteiger partial charge >= 0.3 is 6.18 Å². The van der Waals surface area contributed by atoms with Crippen molar-refractivity contribution in [3.63, 3.8) is 0 Å². The molecule has 1 aromatic carbocycles. The summed E-state index contributed by atoms with van der Waals surface area (Å²) in [4.78, 5) is 0. The molecule has 3 nitrogen and oxygen atoms in total. The monoisotopic (exact) mass is 388 g/mol. The number of alkyl halides is 3. The van der Waals surface area contributed by atoms with Gasteiger partial charge in [0.2, 0.25) is 0 Å². The molecular formula is C10H9Br2F3N2O. The van der Waals surface area contributed by atoms with Crippen molar-refractivity contribution in [1.29, 1.82) is 5.41 Å². The van der Waals surface area contributed by atoms with E-state index in [1.165, 1.54) is 6.07 Å². The zero-order chi connectivity index (χ0) is 13.9. The summed E-state index contributed by atoms with van der Waals surface area (Å²) in [5.41, 5.74) is 4.91. The second-order valence-electron chi connectivity index (χ2n) is 3.44. The standard InChI is InChI=1S/C10H9Br2F3N2O/c11-5-1-2-8(7(12)3-5)18-4-6(9(16)17)10(13,14)15/h1-3,6H,4H2,(H3,16,17). The SMILES string of the molecule is N=C(N)C(COc1ccc(Br)cc1Br)C(F)(F)F. The van der Waals surface area contributed by atoms with Gasteiger partial charge in [0, 0.05) is 4.47 Å². The van der Waals surface area contributed by atoms with Crippen LogP contribution in [0.5, 0.6) is 5.75 Å². The number of nitrogens with two attached hydrogens (primary N) is 1. The zero-order valence-corrected chi connectivity index (χ0v) is 12.1. The van der Waals surface area contributed by atoms with E-state index in [1.807, 2.05) is 0 Å². The molecule has 0 spiro atoms. The van der Waals surface area contributed by atoms with E-state index in [0.717, 1.165) is 4.47 Å². The van der Waals surface area contributed by atoms with Gasteiger partial charge in [0.1, 0.15) is 24.1 Å². The fourth-order valence-corrected chi connectivity index (χ4v) is 2.29. The maximum atomic E-state index is 12.5. The van der Waals surface area contributed by atoms with Crippen LogP contribution >= 0.6 is 31.9 Å². The van der Waals surface area contributed by atoms with Gasteiger partial charge in [-0.2, -0.15) is 13.2 Å². The minimum absolute atomic E-state index is 0.258. The lowest BCUT2D eigenvalue weighted by atomic mass is 10.1. The number of benzene rings is 1. The third kappa shape index (κ3) is 4.16. The average Bonchev–Trinajstić information content (AvgIpc) is 2.18. The minimum Gasteiger partial charge on any atom is -0.491 e. The number of halogens is 5. The van der Waals surface area contributed by atoms with Crippen LogP contribution in [0.25, 0.3) is 0 Å². The molecule has 0 radical (unpaired) electrons. The lowest BCUT2D eigenvalue weighted by molar-refractivity contribution is -0.162. The molecule has 1 aromatic rings. The fraction of sp³-hybridized carbons (Fsp3) is 0.300. The van der Waals surface area contributed by atoms with Crippen molar-refractivity contribution in [2.75, 3.05) is 6.61 Å². The number of rotatable bonds is 4. The quantitative estimate of drug-likeness (QED) is 0.609. The highest BCUT2D eigenvalue weighted by Crippen LogP contribution is 2.31. The van der Waals surface area contributed by atoms with Crippen LogP contribution in [0, 0.1) is 11.3 Å². The van der Waals surface area contributed by atoms with Crippen molar-refractivity contribution in [3.8, 4) is 5.75 Å². The van der Waals surface area contributed by atoms with Crippen LogP contribution in [0.1, 0.15) is 0 Å². The molecule has 3 N–H and O–H groups in total. The predicted octanol–water partition coefficient (Wildman–Crippen LogP) is 3.70. The highest BCUT2D eigenvalue weighted by molar-refractivity contribution is 9.11. The fourth-order valence-electron chi connectivity index (χ4n) is 1.13. The average molecular weight is 390 g/mol. The second kappa shape index (κ2) is 5.92. The predicted molar refractivity (Wildman–Crippen MR) is 68.8 cm³/mol. The molecule has 0 aromatic heterocycles. The molecule has 0 aliphatic heterocycles. The summed E-state index contributed by atoms with van der Waals surface area (Å²) in [6.45, 7) is -0.723. The van der Waals surface area contributed by atoms with Crippen LogP contribution in [-0.2, 0) is 0 Å². The summed E-state index contributed by atoms with van der Waals surface area (Å²) >= 11 is 6.38. The molecule has 1 atom stereocenters. The summed E-state index contributed by atoms with van der Waals surface area (Å²) in [5, 5.41) is 6.92. The molecule has 0 aliphatic rings. The largest absolute Gasteiger partial charge is 0.491 e. The molecule has 1 unspecified atom stereocenters. The van der Waals surface area contributed by atoms with Crippen molar-refractivity contribution >= 4 is 37.7 Å². The number of amidine groups is 1. The van der Waals surface area contributed by atoms with Crippen molar-refractivity contribution in [3.05, 3.63) is 27.1 Å². The van der Waals surface area contributed by atoms with E-state index in [1.54, 1.807) is 12.1 Å². The van der Waals surface area contributed by atoms with Gasteiger partial charge in [0.15, 0.2) is 0 Å². The first-order chi connectivity index (χ1) is 8.21. The van der Waals surface area contributed by atoms with Gasteiger partial charge in [0.25, 0.3) is 0 Å². The maximum Gasteiger partial charge on any atom is 0.401 e. The van der Waals surface area contributed by atoms with Gasteiger partial charge in [-0.15, -0.1) is 0 Å². The highest BCUT2D eigenvalue weighted by atomic mass is 79.9. The van der Waals surface area contributed by atoms with E-state index in [-0.39, 0.29) is 5.75 Å². The molecule has 0 amide bonds. The van der Waals surface area contributed by atoms with Gasteiger partial charge in [-0.25, -0.2) is 0 Å². The normalized spacial score (nSPS) is 13.2. The van der Waals surface area contributed by atoms with Crippen molar-refractivity contribution < 1.29 is 17.9 Å². The summed E-state index contributed by atoms with van der Waals surface area (Å²) in [5.74, 6) is -2.81. The Morgan fingerprint density at radius 2 is 2.00 bits per heavy atom. The van der Waals surface area contributed by atoms with Crippen LogP contribution in [0.2, 0.25) is 0 Å². The van der Waals surface area contributed by atoms with Crippen LogP contribution in [0.15, 0.2) is 27.1 Å². The molecule has 18 heavy (non-hydrogen) atoms. The Labute approximate surface area is 118 Å². The molecule has 100 valence electrons. The summed E-state index contributed by atoms with van der Waals surface area (Å²) in [7, 11) is 0. The van der Waals surface area contributed by atoms with Crippen LogP contribution < -0.4 is 10.5 Å². The molecular weight excluding hydrogens is 381 g/mol. The molecule has 0 fully saturated rings. The summed E-state index contributed by atoms with van der Waals surface area (Å²) in [6.07, 6.45) is -4.59. The Balaban J connectivity index is 2.77. The van der Waals surface area contributed by atoms with E-state index in [9.17, 15) is 13.2 Å². The Kier molecular flexibility index (Phi) is 5.03. The van der Waals surface area contributed by atoms with E-state index in [4.69, 9.17) is 15.9 Å². The van der Waals surface area contributed by atoms with E-state index >= 15 is 0 Å². The van der Waals surface area contributed by atoms with Gasteiger partial charge < -0.3 is 10.5 Å². The number of hydrogen-bond donors (Lipinski definition) is 2. The molecule has 0 heterocycles.